The van der Waals surface area contributed by atoms with Gasteiger partial charge in [-0.25, -0.2) is 4.98 Å². The normalized spacial score (nSPS) is 14.0. The van der Waals surface area contributed by atoms with E-state index in [2.05, 4.69) is 10.3 Å². The standard InChI is InChI=1S/C15H13Cl2N3O/c16-10-3-9(8-1-2-8)4-11(5-10)20-15(21)12-6-14(18)19-7-13(12)17/h3-8H,1-2H2,(H2,18,19)(H,20,21). The maximum absolute atomic E-state index is 12.3. The highest BCUT2D eigenvalue weighted by Crippen LogP contribution is 2.41. The molecule has 0 spiro atoms. The van der Waals surface area contributed by atoms with Crippen LogP contribution in [0.5, 0.6) is 0 Å². The smallest absolute Gasteiger partial charge is 0.257 e. The molecule has 1 amide bonds. The molecule has 1 aromatic heterocycles. The predicted molar refractivity (Wildman–Crippen MR) is 85.0 cm³/mol. The van der Waals surface area contributed by atoms with E-state index in [9.17, 15) is 4.79 Å². The number of hydrogen-bond donors (Lipinski definition) is 2. The third-order valence-corrected chi connectivity index (χ3v) is 3.87. The van der Waals surface area contributed by atoms with Gasteiger partial charge in [0.1, 0.15) is 5.82 Å². The first kappa shape index (κ1) is 14.2. The van der Waals surface area contributed by atoms with E-state index >= 15 is 0 Å². The van der Waals surface area contributed by atoms with Crippen molar-refractivity contribution in [3.8, 4) is 0 Å². The summed E-state index contributed by atoms with van der Waals surface area (Å²) in [5.74, 6) is 0.465. The summed E-state index contributed by atoms with van der Waals surface area (Å²) in [6, 6.07) is 7.04. The van der Waals surface area contributed by atoms with E-state index in [-0.39, 0.29) is 22.3 Å². The molecule has 0 saturated heterocycles. The third-order valence-electron chi connectivity index (χ3n) is 3.35. The Labute approximate surface area is 132 Å². The van der Waals surface area contributed by atoms with Crippen LogP contribution in [0.1, 0.15) is 34.7 Å². The number of rotatable bonds is 3. The molecule has 0 bridgehead atoms. The van der Waals surface area contributed by atoms with Gasteiger partial charge in [-0.2, -0.15) is 0 Å². The topological polar surface area (TPSA) is 68.0 Å². The molecule has 1 fully saturated rings. The van der Waals surface area contributed by atoms with E-state index < -0.39 is 0 Å². The van der Waals surface area contributed by atoms with Gasteiger partial charge in [0.25, 0.3) is 5.91 Å². The van der Waals surface area contributed by atoms with Crippen LogP contribution in [-0.2, 0) is 0 Å². The lowest BCUT2D eigenvalue weighted by Crippen LogP contribution is -2.13. The molecule has 0 atom stereocenters. The largest absolute Gasteiger partial charge is 0.384 e. The first-order valence-corrected chi connectivity index (χ1v) is 7.31. The summed E-state index contributed by atoms with van der Waals surface area (Å²) >= 11 is 12.1. The van der Waals surface area contributed by atoms with E-state index in [1.807, 2.05) is 12.1 Å². The van der Waals surface area contributed by atoms with Crippen molar-refractivity contribution in [2.45, 2.75) is 18.8 Å². The van der Waals surface area contributed by atoms with Crippen LogP contribution >= 0.6 is 23.2 Å². The molecule has 1 aliphatic rings. The Morgan fingerprint density at radius 3 is 2.71 bits per heavy atom. The van der Waals surface area contributed by atoms with Gasteiger partial charge in [0, 0.05) is 16.9 Å². The predicted octanol–water partition coefficient (Wildman–Crippen LogP) is 4.10. The zero-order valence-electron chi connectivity index (χ0n) is 11.1. The highest BCUT2D eigenvalue weighted by Gasteiger charge is 2.24. The van der Waals surface area contributed by atoms with E-state index in [0.717, 1.165) is 5.56 Å². The summed E-state index contributed by atoms with van der Waals surface area (Å²) in [6.07, 6.45) is 3.69. The maximum Gasteiger partial charge on any atom is 0.257 e. The van der Waals surface area contributed by atoms with Crippen molar-refractivity contribution < 1.29 is 4.79 Å². The Kier molecular flexibility index (Phi) is 3.74. The van der Waals surface area contributed by atoms with Crippen LogP contribution in [0.2, 0.25) is 10.0 Å². The SMILES string of the molecule is Nc1cc(C(=O)Nc2cc(Cl)cc(C3CC3)c2)c(Cl)cn1. The van der Waals surface area contributed by atoms with Crippen LogP contribution in [0.25, 0.3) is 0 Å². The van der Waals surface area contributed by atoms with Crippen molar-refractivity contribution in [2.24, 2.45) is 0 Å². The van der Waals surface area contributed by atoms with Gasteiger partial charge in [0.15, 0.2) is 0 Å². The lowest BCUT2D eigenvalue weighted by Gasteiger charge is -2.09. The fraction of sp³-hybridized carbons (Fsp3) is 0.200. The zero-order chi connectivity index (χ0) is 15.0. The molecule has 0 aliphatic heterocycles. The van der Waals surface area contributed by atoms with Gasteiger partial charge < -0.3 is 11.1 Å². The number of halogens is 2. The van der Waals surface area contributed by atoms with Gasteiger partial charge in [0.05, 0.1) is 10.6 Å². The lowest BCUT2D eigenvalue weighted by atomic mass is 10.1. The van der Waals surface area contributed by atoms with Gasteiger partial charge in [-0.15, -0.1) is 0 Å². The van der Waals surface area contributed by atoms with Crippen LogP contribution in [0, 0.1) is 0 Å². The van der Waals surface area contributed by atoms with E-state index in [1.54, 1.807) is 6.07 Å². The highest BCUT2D eigenvalue weighted by molar-refractivity contribution is 6.34. The summed E-state index contributed by atoms with van der Waals surface area (Å²) in [7, 11) is 0. The zero-order valence-corrected chi connectivity index (χ0v) is 12.6. The molecule has 6 heteroatoms. The fourth-order valence-corrected chi connectivity index (χ4v) is 2.60. The van der Waals surface area contributed by atoms with E-state index in [0.29, 0.717) is 16.6 Å². The molecule has 1 saturated carbocycles. The highest BCUT2D eigenvalue weighted by atomic mass is 35.5. The van der Waals surface area contributed by atoms with Crippen molar-refractivity contribution in [2.75, 3.05) is 11.1 Å². The molecule has 0 unspecified atom stereocenters. The van der Waals surface area contributed by atoms with Crippen molar-refractivity contribution in [1.82, 2.24) is 4.98 Å². The van der Waals surface area contributed by atoms with Gasteiger partial charge >= 0.3 is 0 Å². The number of carbonyl (C=O) groups excluding carboxylic acids is 1. The van der Waals surface area contributed by atoms with Crippen molar-refractivity contribution in [1.29, 1.82) is 0 Å². The molecule has 3 N–H and O–H groups in total. The molecule has 21 heavy (non-hydrogen) atoms. The number of anilines is 2. The minimum atomic E-state index is -0.335. The number of nitrogens with zero attached hydrogens (tertiary/aromatic N) is 1. The van der Waals surface area contributed by atoms with Gasteiger partial charge in [0.2, 0.25) is 0 Å². The second-order valence-electron chi connectivity index (χ2n) is 5.09. The molecule has 0 radical (unpaired) electrons. The molecule has 108 valence electrons. The Morgan fingerprint density at radius 1 is 1.24 bits per heavy atom. The van der Waals surface area contributed by atoms with Crippen LogP contribution in [0.15, 0.2) is 30.5 Å². The molecular weight excluding hydrogens is 309 g/mol. The van der Waals surface area contributed by atoms with Gasteiger partial charge in [-0.3, -0.25) is 4.79 Å². The summed E-state index contributed by atoms with van der Waals surface area (Å²) in [5.41, 5.74) is 7.68. The van der Waals surface area contributed by atoms with Gasteiger partial charge in [-0.1, -0.05) is 23.2 Å². The molecular formula is C15H13Cl2N3O. The third kappa shape index (κ3) is 3.28. The van der Waals surface area contributed by atoms with Crippen molar-refractivity contribution >= 4 is 40.6 Å². The minimum absolute atomic E-state index is 0.245. The molecule has 3 rings (SSSR count). The number of nitrogens with one attached hydrogen (secondary N) is 1. The Bertz CT molecular complexity index is 714. The van der Waals surface area contributed by atoms with E-state index in [4.69, 9.17) is 28.9 Å². The lowest BCUT2D eigenvalue weighted by molar-refractivity contribution is 0.102. The van der Waals surface area contributed by atoms with Crippen molar-refractivity contribution in [3.05, 3.63) is 51.6 Å². The number of aromatic nitrogens is 1. The Hall–Kier alpha value is -1.78. The minimum Gasteiger partial charge on any atom is -0.384 e. The maximum atomic E-state index is 12.3. The number of hydrogen-bond acceptors (Lipinski definition) is 3. The first-order chi connectivity index (χ1) is 10.0. The number of benzene rings is 1. The number of carbonyl (C=O) groups is 1. The summed E-state index contributed by atoms with van der Waals surface area (Å²) in [4.78, 5) is 16.1. The average molecular weight is 322 g/mol. The quantitative estimate of drug-likeness (QED) is 0.894. The van der Waals surface area contributed by atoms with Crippen LogP contribution in [0.3, 0.4) is 0 Å². The average Bonchev–Trinajstić information content (AvgIpc) is 3.25. The monoisotopic (exact) mass is 321 g/mol. The summed E-state index contributed by atoms with van der Waals surface area (Å²) in [5, 5.41) is 3.66. The number of nitrogen functional groups attached to an aromatic ring is 1. The van der Waals surface area contributed by atoms with Crippen LogP contribution in [0.4, 0.5) is 11.5 Å². The number of pyridine rings is 1. The molecule has 2 aromatic rings. The van der Waals surface area contributed by atoms with E-state index in [1.165, 1.54) is 25.1 Å². The first-order valence-electron chi connectivity index (χ1n) is 6.56. The van der Waals surface area contributed by atoms with Gasteiger partial charge in [-0.05, 0) is 48.6 Å². The number of nitrogens with two attached hydrogens (primary N) is 1. The van der Waals surface area contributed by atoms with Crippen LogP contribution < -0.4 is 11.1 Å². The van der Waals surface area contributed by atoms with Crippen LogP contribution in [-0.4, -0.2) is 10.9 Å². The summed E-state index contributed by atoms with van der Waals surface area (Å²) < 4.78 is 0. The Morgan fingerprint density at radius 2 is 2.00 bits per heavy atom. The molecule has 1 aromatic carbocycles. The second kappa shape index (κ2) is 5.54. The van der Waals surface area contributed by atoms with Crippen molar-refractivity contribution in [3.63, 3.8) is 0 Å². The molecule has 4 nitrogen and oxygen atoms in total. The number of amides is 1. The molecule has 1 heterocycles. The fourth-order valence-electron chi connectivity index (χ4n) is 2.16. The Balaban J connectivity index is 1.85. The summed E-state index contributed by atoms with van der Waals surface area (Å²) in [6.45, 7) is 0. The molecule has 1 aliphatic carbocycles. The second-order valence-corrected chi connectivity index (χ2v) is 5.93.